The molecule has 1 saturated carbocycles. The van der Waals surface area contributed by atoms with E-state index >= 15 is 0 Å². The number of ether oxygens (including phenoxy) is 4. The molecule has 1 saturated heterocycles. The predicted octanol–water partition coefficient (Wildman–Crippen LogP) is 3.92. The van der Waals surface area contributed by atoms with Crippen molar-refractivity contribution in [3.63, 3.8) is 0 Å². The maximum atomic E-state index is 14.3. The van der Waals surface area contributed by atoms with Crippen LogP contribution in [0.2, 0.25) is 0 Å². The molecule has 0 amide bonds. The van der Waals surface area contributed by atoms with Crippen molar-refractivity contribution in [1.82, 2.24) is 19.7 Å². The zero-order valence-electron chi connectivity index (χ0n) is 26.7. The van der Waals surface area contributed by atoms with E-state index < -0.39 is 62.2 Å². The number of fused-ring (bicyclic) bond motifs is 1. The van der Waals surface area contributed by atoms with Crippen LogP contribution in [0.5, 0.6) is 5.75 Å². The van der Waals surface area contributed by atoms with E-state index in [0.717, 1.165) is 12.8 Å². The highest BCUT2D eigenvalue weighted by molar-refractivity contribution is 7.52. The van der Waals surface area contributed by atoms with Gasteiger partial charge in [-0.3, -0.25) is 18.9 Å². The van der Waals surface area contributed by atoms with Gasteiger partial charge < -0.3 is 29.2 Å². The molecule has 0 spiro atoms. The Bertz CT molecular complexity index is 1630. The monoisotopic (exact) mass is 673 g/mol. The van der Waals surface area contributed by atoms with Crippen molar-refractivity contribution in [1.29, 1.82) is 0 Å². The summed E-state index contributed by atoms with van der Waals surface area (Å²) in [4.78, 5) is 42.2. The number of nitrogens with one attached hydrogen (secondary N) is 1. The number of nitrogen functional groups attached to an aromatic ring is 1. The number of carbonyl (C=O) groups excluding carboxylic acids is 3. The fourth-order valence-electron chi connectivity index (χ4n) is 5.06. The molecule has 16 heteroatoms. The standard InChI is InChI=1S/C31H40N5O10P/c1-5-24(37)43-27-26(22-14-15-23-29(32)33-18-34-36(22)23)45-31(4,28(27)44-25(38)6-2)17-42-47(40,46-21-10-8-7-9-11-21)35-19(3)30(39)41-16-20-12-13-20/h7-11,14-15,18-20,26-28H,5-6,12-13,16-17H2,1-4H3,(H,35,40)(H2,32,33,34)/t19-,26-,27-,28-,31+,47-/m0/s1. The molecule has 2 aliphatic rings. The van der Waals surface area contributed by atoms with Gasteiger partial charge in [0.1, 0.15) is 35.3 Å². The fourth-order valence-corrected chi connectivity index (χ4v) is 6.65. The summed E-state index contributed by atoms with van der Waals surface area (Å²) in [5.74, 6) is -1.04. The maximum absolute atomic E-state index is 14.3. The molecule has 1 aromatic carbocycles. The van der Waals surface area contributed by atoms with E-state index in [0.29, 0.717) is 17.1 Å². The molecule has 1 aliphatic carbocycles. The van der Waals surface area contributed by atoms with Crippen LogP contribution in [0.4, 0.5) is 5.82 Å². The highest BCUT2D eigenvalue weighted by atomic mass is 31.2. The lowest BCUT2D eigenvalue weighted by Crippen LogP contribution is -2.48. The van der Waals surface area contributed by atoms with Gasteiger partial charge in [0, 0.05) is 12.8 Å². The lowest BCUT2D eigenvalue weighted by molar-refractivity contribution is -0.171. The van der Waals surface area contributed by atoms with E-state index in [1.54, 1.807) is 63.2 Å². The molecule has 6 atom stereocenters. The van der Waals surface area contributed by atoms with Gasteiger partial charge in [0.15, 0.2) is 18.0 Å². The topological polar surface area (TPSA) is 192 Å². The predicted molar refractivity (Wildman–Crippen MR) is 167 cm³/mol. The van der Waals surface area contributed by atoms with Crippen molar-refractivity contribution in [3.05, 3.63) is 54.5 Å². The number of esters is 3. The molecule has 0 unspecified atom stereocenters. The molecular formula is C31H40N5O10P. The number of rotatable bonds is 15. The Morgan fingerprint density at radius 3 is 2.49 bits per heavy atom. The molecule has 3 aromatic rings. The van der Waals surface area contributed by atoms with E-state index in [4.69, 9.17) is 33.7 Å². The lowest BCUT2D eigenvalue weighted by atomic mass is 9.96. The summed E-state index contributed by atoms with van der Waals surface area (Å²) in [5.41, 5.74) is 5.40. The van der Waals surface area contributed by atoms with Crippen molar-refractivity contribution < 1.29 is 46.9 Å². The number of para-hydroxylation sites is 1. The van der Waals surface area contributed by atoms with Gasteiger partial charge in [-0.25, -0.2) is 14.1 Å². The maximum Gasteiger partial charge on any atom is 0.459 e. The summed E-state index contributed by atoms with van der Waals surface area (Å²) < 4.78 is 51.2. The van der Waals surface area contributed by atoms with Crippen molar-refractivity contribution >= 4 is 37.0 Å². The van der Waals surface area contributed by atoms with E-state index in [-0.39, 0.29) is 31.0 Å². The number of aromatic nitrogens is 3. The first kappa shape index (κ1) is 34.3. The lowest BCUT2D eigenvalue weighted by Gasteiger charge is -2.32. The Hall–Kier alpha value is -4.04. The molecule has 2 aromatic heterocycles. The summed E-state index contributed by atoms with van der Waals surface area (Å²) in [6.45, 7) is 6.09. The third-order valence-electron chi connectivity index (χ3n) is 7.85. The third-order valence-corrected chi connectivity index (χ3v) is 9.48. The minimum absolute atomic E-state index is 0.0159. The molecule has 0 radical (unpaired) electrons. The van der Waals surface area contributed by atoms with E-state index in [1.807, 2.05) is 0 Å². The number of nitrogens with zero attached hydrogens (tertiary/aromatic N) is 3. The number of carbonyl (C=O) groups is 3. The molecule has 1 aliphatic heterocycles. The third kappa shape index (κ3) is 8.10. The van der Waals surface area contributed by atoms with Gasteiger partial charge in [0.25, 0.3) is 0 Å². The average molecular weight is 674 g/mol. The molecule has 0 bridgehead atoms. The van der Waals surface area contributed by atoms with Crippen LogP contribution in [0.25, 0.3) is 5.52 Å². The van der Waals surface area contributed by atoms with Crippen LogP contribution < -0.4 is 15.3 Å². The largest absolute Gasteiger partial charge is 0.464 e. The zero-order chi connectivity index (χ0) is 33.8. The minimum Gasteiger partial charge on any atom is -0.464 e. The van der Waals surface area contributed by atoms with Crippen LogP contribution in [-0.4, -0.2) is 69.6 Å². The van der Waals surface area contributed by atoms with Gasteiger partial charge in [-0.1, -0.05) is 32.0 Å². The van der Waals surface area contributed by atoms with Crippen LogP contribution in [0.15, 0.2) is 48.8 Å². The van der Waals surface area contributed by atoms with Crippen LogP contribution in [-0.2, 0) is 42.4 Å². The normalized spacial score (nSPS) is 24.3. The summed E-state index contributed by atoms with van der Waals surface area (Å²) in [5, 5.41) is 6.96. The molecule has 3 N–H and O–H groups in total. The number of nitrogens with two attached hydrogens (primary N) is 1. The van der Waals surface area contributed by atoms with E-state index in [2.05, 4.69) is 15.2 Å². The van der Waals surface area contributed by atoms with E-state index in [9.17, 15) is 18.9 Å². The molecule has 15 nitrogen and oxygen atoms in total. The first-order valence-corrected chi connectivity index (χ1v) is 17.1. The number of hydrogen-bond acceptors (Lipinski definition) is 13. The van der Waals surface area contributed by atoms with Gasteiger partial charge in [-0.2, -0.15) is 10.2 Å². The molecule has 5 rings (SSSR count). The van der Waals surface area contributed by atoms with Crippen molar-refractivity contribution in [2.45, 2.75) is 83.3 Å². The summed E-state index contributed by atoms with van der Waals surface area (Å²) in [6.07, 6.45) is -0.133. The highest BCUT2D eigenvalue weighted by Gasteiger charge is 2.59. The minimum atomic E-state index is -4.35. The summed E-state index contributed by atoms with van der Waals surface area (Å²) >= 11 is 0. The molecule has 3 heterocycles. The number of benzene rings is 1. The van der Waals surface area contributed by atoms with Gasteiger partial charge in [-0.15, -0.1) is 0 Å². The van der Waals surface area contributed by atoms with Gasteiger partial charge in [0.2, 0.25) is 0 Å². The SMILES string of the molecule is CCC(=O)O[C@H]1[C@H](c2ccc3c(N)ncnn23)O[C@](C)(CO[P@@](=O)(N[C@@H](C)C(=O)OCC2CC2)Oc2ccccc2)[C@H]1OC(=O)CC. The second-order valence-corrected chi connectivity index (χ2v) is 13.4. The molecular weight excluding hydrogens is 633 g/mol. The van der Waals surface area contributed by atoms with E-state index in [1.165, 1.54) is 17.8 Å². The summed E-state index contributed by atoms with van der Waals surface area (Å²) in [7, 11) is -4.35. The highest BCUT2D eigenvalue weighted by Crippen LogP contribution is 2.50. The van der Waals surface area contributed by atoms with Crippen molar-refractivity contribution in [3.8, 4) is 5.75 Å². The van der Waals surface area contributed by atoms with Gasteiger partial charge in [0.05, 0.1) is 18.9 Å². The first-order chi connectivity index (χ1) is 22.4. The van der Waals surface area contributed by atoms with Crippen LogP contribution >= 0.6 is 7.75 Å². The van der Waals surface area contributed by atoms with Crippen molar-refractivity contribution in [2.75, 3.05) is 18.9 Å². The smallest absolute Gasteiger partial charge is 0.459 e. The molecule has 2 fully saturated rings. The Labute approximate surface area is 272 Å². The fraction of sp³-hybridized carbons (Fsp3) is 0.516. The van der Waals surface area contributed by atoms with Gasteiger partial charge >= 0.3 is 25.7 Å². The number of anilines is 1. The Kier molecular flexibility index (Phi) is 10.5. The van der Waals surface area contributed by atoms with Gasteiger partial charge in [-0.05, 0) is 56.9 Å². The Morgan fingerprint density at radius 1 is 1.11 bits per heavy atom. The Balaban J connectivity index is 1.47. The molecule has 47 heavy (non-hydrogen) atoms. The van der Waals surface area contributed by atoms with Crippen LogP contribution in [0.3, 0.4) is 0 Å². The first-order valence-electron chi connectivity index (χ1n) is 15.5. The second kappa shape index (κ2) is 14.4. The summed E-state index contributed by atoms with van der Waals surface area (Å²) in [6, 6.07) is 10.6. The quantitative estimate of drug-likeness (QED) is 0.134. The van der Waals surface area contributed by atoms with Crippen molar-refractivity contribution in [2.24, 2.45) is 5.92 Å². The average Bonchev–Trinajstić information content (AvgIpc) is 3.73. The Morgan fingerprint density at radius 2 is 1.81 bits per heavy atom. The number of hydrogen-bond donors (Lipinski definition) is 2. The zero-order valence-corrected chi connectivity index (χ0v) is 27.6. The van der Waals surface area contributed by atoms with Crippen LogP contribution in [0.1, 0.15) is 65.2 Å². The second-order valence-electron chi connectivity index (χ2n) is 11.7. The van der Waals surface area contributed by atoms with Crippen LogP contribution in [0, 0.1) is 5.92 Å². The molecule has 254 valence electrons.